The molecule has 11 rings (SSSR count). The zero-order valence-corrected chi connectivity index (χ0v) is 36.9. The van der Waals surface area contributed by atoms with Gasteiger partial charge in [-0.25, -0.2) is 38.1 Å². The van der Waals surface area contributed by atoms with Crippen LogP contribution in [0.3, 0.4) is 0 Å². The number of benzene rings is 2. The number of rotatable bonds is 6. The highest BCUT2D eigenvalue weighted by Gasteiger charge is 2.52. The van der Waals surface area contributed by atoms with Crippen molar-refractivity contribution in [3.63, 3.8) is 0 Å². The number of hydrogen-bond acceptors (Lipinski definition) is 14. The van der Waals surface area contributed by atoms with Gasteiger partial charge in [0.25, 0.3) is 0 Å². The van der Waals surface area contributed by atoms with Gasteiger partial charge in [0.15, 0.2) is 11.3 Å². The predicted octanol–water partition coefficient (Wildman–Crippen LogP) is 5.80. The molecule has 0 radical (unpaired) electrons. The first kappa shape index (κ1) is 42.3. The Morgan fingerprint density at radius 3 is 1.72 bits per heavy atom. The Balaban J connectivity index is 0.000000127. The fourth-order valence-electron chi connectivity index (χ4n) is 6.79. The number of fused-ring (bicyclic) bond motifs is 4. The minimum atomic E-state index is -0.346. The Hall–Kier alpha value is -7.04. The number of halogens is 3. The molecule has 10 aromatic rings. The SMILES string of the molecule is Cn1cc(-c2cnc3nnn(Cc4cc5cccnc5cc4F)c3n2)cn1.Cn1cc(B2OC(C)(C)C(C)(C)O2)cn1.Fc1cc2ncccc2cc1Cn1nnc2ncc(Br)nc21. The Morgan fingerprint density at radius 2 is 1.19 bits per heavy atom. The molecule has 1 saturated heterocycles. The second-order valence-corrected chi connectivity index (χ2v) is 16.8. The first-order chi connectivity index (χ1) is 30.7. The van der Waals surface area contributed by atoms with E-state index in [0.717, 1.165) is 21.8 Å². The molecule has 1 aliphatic rings. The number of hydrogen-bond donors (Lipinski definition) is 0. The third kappa shape index (κ3) is 8.66. The van der Waals surface area contributed by atoms with Crippen molar-refractivity contribution in [1.82, 2.24) is 79.5 Å². The number of nitrogens with zero attached hydrogens (tertiary/aromatic N) is 16. The summed E-state index contributed by atoms with van der Waals surface area (Å²) in [5.74, 6) is -0.681. The second kappa shape index (κ2) is 16.9. The fraction of sp³-hybridized carbons (Fsp3) is 0.238. The first-order valence-corrected chi connectivity index (χ1v) is 20.7. The van der Waals surface area contributed by atoms with Crippen LogP contribution >= 0.6 is 15.9 Å². The number of aromatic nitrogens is 16. The van der Waals surface area contributed by atoms with E-state index in [1.54, 1.807) is 63.4 Å². The van der Waals surface area contributed by atoms with Gasteiger partial charge in [0.05, 0.1) is 59.6 Å². The zero-order valence-electron chi connectivity index (χ0n) is 35.3. The highest BCUT2D eigenvalue weighted by molar-refractivity contribution is 9.10. The molecule has 0 aliphatic carbocycles. The van der Waals surface area contributed by atoms with E-state index in [9.17, 15) is 8.78 Å². The third-order valence-electron chi connectivity index (χ3n) is 10.9. The van der Waals surface area contributed by atoms with Crippen LogP contribution < -0.4 is 5.46 Å². The van der Waals surface area contributed by atoms with Gasteiger partial charge < -0.3 is 9.31 Å². The molecule has 1 fully saturated rings. The summed E-state index contributed by atoms with van der Waals surface area (Å²) in [7, 11) is 3.41. The molecule has 2 aromatic carbocycles. The average molecular weight is 928 g/mol. The van der Waals surface area contributed by atoms with E-state index in [1.807, 2.05) is 78.4 Å². The van der Waals surface area contributed by atoms with Gasteiger partial charge in [-0.15, -0.1) is 10.2 Å². The van der Waals surface area contributed by atoms with Crippen molar-refractivity contribution in [1.29, 1.82) is 0 Å². The van der Waals surface area contributed by atoms with Gasteiger partial charge in [-0.2, -0.15) is 10.2 Å². The van der Waals surface area contributed by atoms with Crippen LogP contribution in [-0.4, -0.2) is 97.8 Å². The second-order valence-electron chi connectivity index (χ2n) is 16.0. The lowest BCUT2D eigenvalue weighted by molar-refractivity contribution is 0.00578. The zero-order chi connectivity index (χ0) is 44.8. The molecule has 9 heterocycles. The highest BCUT2D eigenvalue weighted by atomic mass is 79.9. The standard InChI is InChI=1S/C18H13FN8.C14H8BrFN6.C10H17BN2O2/c1-26-9-13(7-22-26)16-8-21-17-18(23-16)27(25-24-17)10-12-5-11-3-2-4-20-15(11)6-14(12)19;15-12-6-18-13-14(19-12)22(21-20-13)7-9-4-8-2-1-3-17-11(8)5-10(9)16;1-9(2)10(3,4)15-11(14-9)8-6-12-13(5)7-8/h2-9H,10H2,1H3;1-6H,7H2;6-7H,1-5H3. The molecule has 0 unspecified atom stereocenters. The van der Waals surface area contributed by atoms with Crippen molar-refractivity contribution >= 4 is 72.9 Å². The Bertz CT molecular complexity index is 3300. The normalized spacial score (nSPS) is 14.2. The molecule has 64 heavy (non-hydrogen) atoms. The molecule has 0 atom stereocenters. The smallest absolute Gasteiger partial charge is 0.399 e. The molecule has 0 spiro atoms. The molecule has 322 valence electrons. The predicted molar refractivity (Wildman–Crippen MR) is 237 cm³/mol. The maximum Gasteiger partial charge on any atom is 0.498 e. The van der Waals surface area contributed by atoms with Gasteiger partial charge in [-0.05, 0) is 67.9 Å². The lowest BCUT2D eigenvalue weighted by Crippen LogP contribution is -2.41. The quantitative estimate of drug-likeness (QED) is 0.182. The van der Waals surface area contributed by atoms with Crippen molar-refractivity contribution in [2.45, 2.75) is 52.0 Å². The van der Waals surface area contributed by atoms with E-state index in [1.165, 1.54) is 16.8 Å². The van der Waals surface area contributed by atoms with E-state index in [4.69, 9.17) is 9.31 Å². The highest BCUT2D eigenvalue weighted by Crippen LogP contribution is 2.36. The lowest BCUT2D eigenvalue weighted by Gasteiger charge is -2.32. The topological polar surface area (TPSA) is 193 Å². The largest absolute Gasteiger partial charge is 0.498 e. The summed E-state index contributed by atoms with van der Waals surface area (Å²) in [6.45, 7) is 8.59. The summed E-state index contributed by atoms with van der Waals surface area (Å²) in [6, 6.07) is 13.8. The molecular formula is C42H38BBrF2N16O2. The van der Waals surface area contributed by atoms with Gasteiger partial charge in [-0.1, -0.05) is 22.6 Å². The summed E-state index contributed by atoms with van der Waals surface area (Å²) in [5.41, 5.74) is 5.92. The van der Waals surface area contributed by atoms with Crippen molar-refractivity contribution < 1.29 is 18.1 Å². The molecule has 1 aliphatic heterocycles. The number of aryl methyl sites for hydroxylation is 2. The summed E-state index contributed by atoms with van der Waals surface area (Å²) < 4.78 is 47.6. The number of pyridine rings is 2. The minimum Gasteiger partial charge on any atom is -0.399 e. The van der Waals surface area contributed by atoms with Gasteiger partial charge >= 0.3 is 7.12 Å². The van der Waals surface area contributed by atoms with Crippen LogP contribution in [0.4, 0.5) is 8.78 Å². The molecule has 0 saturated carbocycles. The molecule has 18 nitrogen and oxygen atoms in total. The van der Waals surface area contributed by atoms with Crippen molar-refractivity contribution in [3.8, 4) is 11.3 Å². The molecule has 0 amide bonds. The van der Waals surface area contributed by atoms with Crippen LogP contribution in [0.25, 0.3) is 55.7 Å². The van der Waals surface area contributed by atoms with E-state index in [2.05, 4.69) is 76.7 Å². The van der Waals surface area contributed by atoms with Crippen LogP contribution in [0, 0.1) is 11.6 Å². The molecule has 22 heteroatoms. The van der Waals surface area contributed by atoms with Gasteiger partial charge in [0.1, 0.15) is 16.2 Å². The van der Waals surface area contributed by atoms with Crippen LogP contribution in [0.15, 0.2) is 103 Å². The molecular weight excluding hydrogens is 889 g/mol. The van der Waals surface area contributed by atoms with Crippen LogP contribution in [0.2, 0.25) is 0 Å². The monoisotopic (exact) mass is 926 g/mol. The van der Waals surface area contributed by atoms with Crippen LogP contribution in [0.1, 0.15) is 38.8 Å². The summed E-state index contributed by atoms with van der Waals surface area (Å²) >= 11 is 3.26. The van der Waals surface area contributed by atoms with Gasteiger partial charge in [0, 0.05) is 90.1 Å². The summed E-state index contributed by atoms with van der Waals surface area (Å²) in [4.78, 5) is 25.6. The molecule has 0 N–H and O–H groups in total. The van der Waals surface area contributed by atoms with Crippen LogP contribution in [-0.2, 0) is 36.5 Å². The Kier molecular flexibility index (Phi) is 11.2. The van der Waals surface area contributed by atoms with Crippen molar-refractivity contribution in [2.75, 3.05) is 0 Å². The van der Waals surface area contributed by atoms with Crippen molar-refractivity contribution in [2.24, 2.45) is 14.1 Å². The first-order valence-electron chi connectivity index (χ1n) is 19.9. The molecule has 0 bridgehead atoms. The summed E-state index contributed by atoms with van der Waals surface area (Å²) in [6.07, 6.45) is 13.7. The lowest BCUT2D eigenvalue weighted by atomic mass is 9.82. The maximum absolute atomic E-state index is 14.5. The van der Waals surface area contributed by atoms with E-state index >= 15 is 0 Å². The Morgan fingerprint density at radius 1 is 0.656 bits per heavy atom. The fourth-order valence-corrected chi connectivity index (χ4v) is 7.06. The van der Waals surface area contributed by atoms with Gasteiger partial charge in [0.2, 0.25) is 11.3 Å². The Labute approximate surface area is 372 Å². The van der Waals surface area contributed by atoms with E-state index in [0.29, 0.717) is 55.0 Å². The molecule has 8 aromatic heterocycles. The minimum absolute atomic E-state index is 0.193. The van der Waals surface area contributed by atoms with Crippen LogP contribution in [0.5, 0.6) is 0 Å². The van der Waals surface area contributed by atoms with Crippen molar-refractivity contribution in [3.05, 3.63) is 125 Å². The summed E-state index contributed by atoms with van der Waals surface area (Å²) in [5, 5.41) is 26.0. The van der Waals surface area contributed by atoms with E-state index in [-0.39, 0.29) is 43.0 Å². The average Bonchev–Trinajstić information content (AvgIpc) is 4.11. The van der Waals surface area contributed by atoms with E-state index < -0.39 is 0 Å². The van der Waals surface area contributed by atoms with Gasteiger partial charge in [-0.3, -0.25) is 19.3 Å². The maximum atomic E-state index is 14.5. The third-order valence-corrected chi connectivity index (χ3v) is 11.2.